The second kappa shape index (κ2) is 6.66. The van der Waals surface area contributed by atoms with E-state index in [2.05, 4.69) is 16.0 Å². The average molecular weight is 396 g/mol. The molecular weight excluding hydrogens is 372 g/mol. The van der Waals surface area contributed by atoms with Crippen LogP contribution in [0.25, 0.3) is 0 Å². The lowest BCUT2D eigenvalue weighted by Crippen LogP contribution is -2.54. The Morgan fingerprint density at radius 2 is 1.90 bits per heavy atom. The lowest BCUT2D eigenvalue weighted by atomic mass is 9.67. The van der Waals surface area contributed by atoms with Crippen molar-refractivity contribution in [3.05, 3.63) is 29.3 Å². The number of rotatable bonds is 4. The summed E-state index contributed by atoms with van der Waals surface area (Å²) in [4.78, 5) is 50.1. The molecule has 4 aliphatic rings. The summed E-state index contributed by atoms with van der Waals surface area (Å²) in [6.45, 7) is 1.84. The zero-order chi connectivity index (χ0) is 20.2. The molecule has 0 aromatic heterocycles. The normalized spacial score (nSPS) is 27.8. The Morgan fingerprint density at radius 1 is 1.10 bits per heavy atom. The van der Waals surface area contributed by atoms with Gasteiger partial charge in [0.1, 0.15) is 6.04 Å². The molecule has 8 nitrogen and oxygen atoms in total. The molecule has 0 radical (unpaired) electrons. The maximum absolute atomic E-state index is 12.9. The molecule has 4 amide bonds. The van der Waals surface area contributed by atoms with Gasteiger partial charge in [0.15, 0.2) is 0 Å². The number of imide groups is 2. The molecule has 3 heterocycles. The first kappa shape index (κ1) is 18.3. The fourth-order valence-electron chi connectivity index (χ4n) is 5.05. The molecule has 5 rings (SSSR count). The highest BCUT2D eigenvalue weighted by Crippen LogP contribution is 2.47. The van der Waals surface area contributed by atoms with Crippen LogP contribution in [0.2, 0.25) is 0 Å². The Morgan fingerprint density at radius 3 is 2.59 bits per heavy atom. The Kier molecular flexibility index (Phi) is 4.20. The monoisotopic (exact) mass is 396 g/mol. The summed E-state index contributed by atoms with van der Waals surface area (Å²) in [6.07, 6.45) is 5.39. The highest BCUT2D eigenvalue weighted by atomic mass is 16.2. The van der Waals surface area contributed by atoms with Crippen LogP contribution in [0.15, 0.2) is 18.2 Å². The highest BCUT2D eigenvalue weighted by Gasteiger charge is 2.45. The van der Waals surface area contributed by atoms with E-state index in [0.29, 0.717) is 22.6 Å². The van der Waals surface area contributed by atoms with E-state index < -0.39 is 23.8 Å². The molecule has 2 atom stereocenters. The number of nitrogens with zero attached hydrogens (tertiary/aromatic N) is 1. The molecule has 1 aromatic carbocycles. The first-order valence-corrected chi connectivity index (χ1v) is 10.3. The van der Waals surface area contributed by atoms with Crippen molar-refractivity contribution < 1.29 is 19.2 Å². The van der Waals surface area contributed by atoms with Crippen molar-refractivity contribution in [3.63, 3.8) is 0 Å². The van der Waals surface area contributed by atoms with Gasteiger partial charge in [0.25, 0.3) is 11.8 Å². The zero-order valence-corrected chi connectivity index (χ0v) is 16.1. The molecule has 2 unspecified atom stereocenters. The fourth-order valence-corrected chi connectivity index (χ4v) is 5.05. The molecule has 1 aromatic rings. The van der Waals surface area contributed by atoms with Crippen LogP contribution in [0.4, 0.5) is 5.69 Å². The summed E-state index contributed by atoms with van der Waals surface area (Å²) in [5.41, 5.74) is 1.89. The van der Waals surface area contributed by atoms with E-state index in [1.807, 2.05) is 0 Å². The van der Waals surface area contributed by atoms with Gasteiger partial charge in [-0.15, -0.1) is 0 Å². The fraction of sp³-hybridized carbons (Fsp3) is 0.524. The maximum Gasteiger partial charge on any atom is 0.262 e. The molecular formula is C21H24N4O4. The first-order valence-electron chi connectivity index (χ1n) is 10.3. The average Bonchev–Trinajstić information content (AvgIpc) is 3.22. The minimum Gasteiger partial charge on any atom is -0.383 e. The van der Waals surface area contributed by atoms with E-state index >= 15 is 0 Å². The van der Waals surface area contributed by atoms with Gasteiger partial charge in [-0.3, -0.25) is 29.4 Å². The number of piperidine rings is 1. The quantitative estimate of drug-likeness (QED) is 0.656. The number of hydrogen-bond donors (Lipinski definition) is 3. The van der Waals surface area contributed by atoms with Gasteiger partial charge < -0.3 is 10.6 Å². The smallest absolute Gasteiger partial charge is 0.262 e. The lowest BCUT2D eigenvalue weighted by Gasteiger charge is -2.37. The van der Waals surface area contributed by atoms with Gasteiger partial charge in [-0.05, 0) is 49.3 Å². The Balaban J connectivity index is 1.28. The van der Waals surface area contributed by atoms with Crippen LogP contribution in [0.5, 0.6) is 0 Å². The number of carbonyl (C=O) groups excluding carboxylic acids is 4. The second-order valence-electron chi connectivity index (χ2n) is 8.72. The Bertz CT molecular complexity index is 923. The number of fused-ring (bicyclic) bond motifs is 1. The van der Waals surface area contributed by atoms with Gasteiger partial charge in [0.05, 0.1) is 11.1 Å². The Hall–Kier alpha value is -2.74. The van der Waals surface area contributed by atoms with E-state index in [1.54, 1.807) is 18.2 Å². The van der Waals surface area contributed by atoms with E-state index in [0.717, 1.165) is 23.7 Å². The molecule has 29 heavy (non-hydrogen) atoms. The molecule has 3 aliphatic heterocycles. The number of anilines is 1. The lowest BCUT2D eigenvalue weighted by molar-refractivity contribution is -0.136. The summed E-state index contributed by atoms with van der Waals surface area (Å²) < 4.78 is 0. The summed E-state index contributed by atoms with van der Waals surface area (Å²) in [7, 11) is 0. The molecule has 1 spiro atoms. The van der Waals surface area contributed by atoms with Crippen LogP contribution in [-0.2, 0) is 9.59 Å². The third-order valence-electron chi connectivity index (χ3n) is 6.85. The molecule has 0 bridgehead atoms. The number of hydrogen-bond acceptors (Lipinski definition) is 6. The van der Waals surface area contributed by atoms with Crippen molar-refractivity contribution in [2.45, 2.75) is 50.6 Å². The van der Waals surface area contributed by atoms with Crippen LogP contribution in [-0.4, -0.2) is 53.7 Å². The number of nitrogens with one attached hydrogen (secondary N) is 3. The minimum absolute atomic E-state index is 0.118. The maximum atomic E-state index is 12.9. The van der Waals surface area contributed by atoms with E-state index in [-0.39, 0.29) is 18.7 Å². The number of amides is 4. The standard InChI is InChI=1S/C21H24N4O4/c26-17-5-4-16(18(27)24-17)25-19(28)14-3-2-12(8-15(14)20(25)29)22-10-13-9-21(11-23-13)6-1-7-21/h2-3,8,13,16,22-23H,1,4-7,9-11H2,(H,24,26,27). The van der Waals surface area contributed by atoms with Crippen molar-refractivity contribution in [1.29, 1.82) is 0 Å². The van der Waals surface area contributed by atoms with Crippen molar-refractivity contribution in [1.82, 2.24) is 15.5 Å². The first-order chi connectivity index (χ1) is 14.0. The summed E-state index contributed by atoms with van der Waals surface area (Å²) in [6, 6.07) is 4.60. The van der Waals surface area contributed by atoms with Gasteiger partial charge in [0.2, 0.25) is 11.8 Å². The molecule has 3 N–H and O–H groups in total. The summed E-state index contributed by atoms with van der Waals surface area (Å²) >= 11 is 0. The molecule has 2 saturated heterocycles. The highest BCUT2D eigenvalue weighted by molar-refractivity contribution is 6.23. The number of carbonyl (C=O) groups is 4. The second-order valence-corrected chi connectivity index (χ2v) is 8.72. The van der Waals surface area contributed by atoms with E-state index in [4.69, 9.17) is 0 Å². The summed E-state index contributed by atoms with van der Waals surface area (Å²) in [5.74, 6) is -1.92. The van der Waals surface area contributed by atoms with E-state index in [1.165, 1.54) is 25.7 Å². The van der Waals surface area contributed by atoms with Crippen molar-refractivity contribution in [3.8, 4) is 0 Å². The molecule has 1 saturated carbocycles. The van der Waals surface area contributed by atoms with Crippen LogP contribution in [0.3, 0.4) is 0 Å². The molecule has 152 valence electrons. The van der Waals surface area contributed by atoms with Gasteiger partial charge in [-0.1, -0.05) is 6.42 Å². The van der Waals surface area contributed by atoms with Crippen molar-refractivity contribution in [2.24, 2.45) is 5.41 Å². The molecule has 3 fully saturated rings. The van der Waals surface area contributed by atoms with Crippen LogP contribution in [0.1, 0.15) is 59.2 Å². The van der Waals surface area contributed by atoms with E-state index in [9.17, 15) is 19.2 Å². The van der Waals surface area contributed by atoms with Gasteiger partial charge in [-0.2, -0.15) is 0 Å². The van der Waals surface area contributed by atoms with Gasteiger partial charge in [0, 0.05) is 31.2 Å². The van der Waals surface area contributed by atoms with Crippen molar-refractivity contribution >= 4 is 29.3 Å². The SMILES string of the molecule is O=C1CCC(N2C(=O)c3ccc(NCC4CC5(CCC5)CN4)cc3C2=O)C(=O)N1. The van der Waals surface area contributed by atoms with Crippen LogP contribution in [0, 0.1) is 5.41 Å². The largest absolute Gasteiger partial charge is 0.383 e. The topological polar surface area (TPSA) is 108 Å². The van der Waals surface area contributed by atoms with Crippen molar-refractivity contribution in [2.75, 3.05) is 18.4 Å². The molecule has 8 heteroatoms. The third kappa shape index (κ3) is 3.02. The summed E-state index contributed by atoms with van der Waals surface area (Å²) in [5, 5.41) is 9.17. The predicted molar refractivity (Wildman–Crippen MR) is 104 cm³/mol. The number of benzene rings is 1. The van der Waals surface area contributed by atoms with Gasteiger partial charge in [-0.25, -0.2) is 0 Å². The molecule has 1 aliphatic carbocycles. The van der Waals surface area contributed by atoms with Gasteiger partial charge >= 0.3 is 0 Å². The zero-order valence-electron chi connectivity index (χ0n) is 16.1. The predicted octanol–water partition coefficient (Wildman–Crippen LogP) is 1.03. The van der Waals surface area contributed by atoms with Crippen LogP contribution >= 0.6 is 0 Å². The third-order valence-corrected chi connectivity index (χ3v) is 6.85. The van der Waals surface area contributed by atoms with Crippen LogP contribution < -0.4 is 16.0 Å². The minimum atomic E-state index is -0.933. The Labute approximate surface area is 168 Å².